The lowest BCUT2D eigenvalue weighted by Crippen LogP contribution is -2.62. The number of carbonyl (C=O) groups is 5. The fourth-order valence-corrected chi connectivity index (χ4v) is 6.44. The highest BCUT2D eigenvalue weighted by molar-refractivity contribution is 6.37. The number of likely N-dealkylation sites (tertiary alicyclic amines) is 1. The van der Waals surface area contributed by atoms with E-state index >= 15 is 0 Å². The van der Waals surface area contributed by atoms with Gasteiger partial charge in [0.2, 0.25) is 28.5 Å². The van der Waals surface area contributed by atoms with Gasteiger partial charge in [0.15, 0.2) is 0 Å². The van der Waals surface area contributed by atoms with Crippen LogP contribution in [0.15, 0.2) is 9.59 Å². The lowest BCUT2D eigenvalue weighted by atomic mass is 9.84. The number of likely N-dealkylation sites (N-methyl/N-ethyl adjacent to an activating group) is 1. The fraction of sp³-hybridized carbons (Fsp3) is 0.735. The van der Waals surface area contributed by atoms with Crippen molar-refractivity contribution in [3.63, 3.8) is 0 Å². The molecule has 3 rings (SSSR count). The molecule has 1 aliphatic carbocycles. The molecule has 0 spiro atoms. The number of carbonyl (C=O) groups excluding carboxylic acids is 5. The Morgan fingerprint density at radius 2 is 1.51 bits per heavy atom. The lowest BCUT2D eigenvalue weighted by Gasteiger charge is -2.39. The Balaban J connectivity index is 1.83. The van der Waals surface area contributed by atoms with Gasteiger partial charge >= 0.3 is 6.03 Å². The SMILES string of the molecule is Cc1c(N(C)C[C@@H](NC(=O)N[C@H](C(=O)N2CC[C@H](C(C)C)[C@H]2C(=O)NC(CC2CC2)C(=O)C(N)=O)C(C)(C)C)C(C)(C)C)c(=O)c1=O. The third kappa shape index (κ3) is 8.78. The fourth-order valence-electron chi connectivity index (χ4n) is 6.44. The maximum absolute atomic E-state index is 14.3. The van der Waals surface area contributed by atoms with Crippen LogP contribution < -0.4 is 37.4 Å². The van der Waals surface area contributed by atoms with Crippen LogP contribution in [0.4, 0.5) is 10.5 Å². The monoisotopic (exact) mass is 658 g/mol. The van der Waals surface area contributed by atoms with E-state index in [4.69, 9.17) is 5.73 Å². The van der Waals surface area contributed by atoms with Crippen molar-refractivity contribution in [3.8, 4) is 0 Å². The minimum atomic E-state index is -1.11. The number of nitrogens with zero attached hydrogens (tertiary/aromatic N) is 2. The maximum atomic E-state index is 14.3. The van der Waals surface area contributed by atoms with Crippen molar-refractivity contribution in [1.29, 1.82) is 0 Å². The minimum absolute atomic E-state index is 0.0303. The molecule has 2 aliphatic rings. The zero-order valence-electron chi connectivity index (χ0n) is 29.6. The summed E-state index contributed by atoms with van der Waals surface area (Å²) in [5.74, 6) is -2.87. The summed E-state index contributed by atoms with van der Waals surface area (Å²) in [6.45, 7) is 17.3. The van der Waals surface area contributed by atoms with E-state index in [2.05, 4.69) is 16.0 Å². The Morgan fingerprint density at radius 3 is 1.98 bits per heavy atom. The van der Waals surface area contributed by atoms with E-state index in [0.717, 1.165) is 12.8 Å². The minimum Gasteiger partial charge on any atom is -0.369 e. The van der Waals surface area contributed by atoms with Crippen molar-refractivity contribution in [2.75, 3.05) is 25.0 Å². The molecular formula is C34H54N6O7. The van der Waals surface area contributed by atoms with Crippen LogP contribution in [0.25, 0.3) is 0 Å². The predicted octanol–water partition coefficient (Wildman–Crippen LogP) is 1.37. The summed E-state index contributed by atoms with van der Waals surface area (Å²) in [7, 11) is 1.69. The van der Waals surface area contributed by atoms with Crippen LogP contribution >= 0.6 is 0 Å². The molecular weight excluding hydrogens is 604 g/mol. The Kier molecular flexibility index (Phi) is 11.3. The first-order valence-corrected chi connectivity index (χ1v) is 16.6. The van der Waals surface area contributed by atoms with E-state index in [1.54, 1.807) is 18.9 Å². The maximum Gasteiger partial charge on any atom is 0.315 e. The molecule has 5 amide bonds. The number of hydrogen-bond acceptors (Lipinski definition) is 8. The van der Waals surface area contributed by atoms with Crippen molar-refractivity contribution in [3.05, 3.63) is 26.0 Å². The lowest BCUT2D eigenvalue weighted by molar-refractivity contribution is -0.144. The van der Waals surface area contributed by atoms with E-state index < -0.39 is 75.4 Å². The van der Waals surface area contributed by atoms with Crippen molar-refractivity contribution in [2.45, 2.75) is 112 Å². The summed E-state index contributed by atoms with van der Waals surface area (Å²) in [5, 5.41) is 8.59. The Labute approximate surface area is 277 Å². The smallest absolute Gasteiger partial charge is 0.315 e. The molecule has 1 saturated carbocycles. The first kappa shape index (κ1) is 37.7. The molecule has 13 heteroatoms. The second-order valence-electron chi connectivity index (χ2n) is 16.0. The number of Topliss-reactive ketones (excluding diaryl/α,β-unsaturated/α-hetero) is 1. The third-order valence-electron chi connectivity index (χ3n) is 9.69. The van der Waals surface area contributed by atoms with Gasteiger partial charge in [0.1, 0.15) is 12.1 Å². The molecule has 2 fully saturated rings. The molecule has 1 aliphatic heterocycles. The quantitative estimate of drug-likeness (QED) is 0.229. The van der Waals surface area contributed by atoms with Crippen LogP contribution in [0.5, 0.6) is 0 Å². The zero-order valence-corrected chi connectivity index (χ0v) is 29.6. The number of urea groups is 1. The number of nitrogens with two attached hydrogens (primary N) is 1. The Hall–Kier alpha value is -3.77. The summed E-state index contributed by atoms with van der Waals surface area (Å²) >= 11 is 0. The predicted molar refractivity (Wildman–Crippen MR) is 179 cm³/mol. The molecule has 5 N–H and O–H groups in total. The molecule has 0 bridgehead atoms. The van der Waals surface area contributed by atoms with E-state index in [1.807, 2.05) is 55.4 Å². The first-order chi connectivity index (χ1) is 21.6. The summed E-state index contributed by atoms with van der Waals surface area (Å²) in [6, 6.07) is -4.05. The molecule has 262 valence electrons. The van der Waals surface area contributed by atoms with Gasteiger partial charge in [0.05, 0.1) is 17.8 Å². The number of amides is 5. The average molecular weight is 659 g/mol. The Morgan fingerprint density at radius 1 is 0.915 bits per heavy atom. The van der Waals surface area contributed by atoms with Gasteiger partial charge in [-0.2, -0.15) is 0 Å². The van der Waals surface area contributed by atoms with Gasteiger partial charge in [0.25, 0.3) is 5.91 Å². The molecule has 0 radical (unpaired) electrons. The number of rotatable bonds is 13. The highest BCUT2D eigenvalue weighted by Gasteiger charge is 2.48. The van der Waals surface area contributed by atoms with E-state index in [-0.39, 0.29) is 30.8 Å². The van der Waals surface area contributed by atoms with Crippen LogP contribution in [-0.4, -0.2) is 78.7 Å². The molecule has 1 saturated heterocycles. The van der Waals surface area contributed by atoms with E-state index in [1.165, 1.54) is 4.90 Å². The van der Waals surface area contributed by atoms with Crippen molar-refractivity contribution in [1.82, 2.24) is 20.9 Å². The van der Waals surface area contributed by atoms with E-state index in [9.17, 15) is 33.6 Å². The van der Waals surface area contributed by atoms with Gasteiger partial charge in [-0.05, 0) is 48.3 Å². The second-order valence-corrected chi connectivity index (χ2v) is 16.0. The Bertz CT molecular complexity index is 1440. The summed E-state index contributed by atoms with van der Waals surface area (Å²) in [6.07, 6.45) is 2.68. The number of nitrogens with one attached hydrogen (secondary N) is 3. The van der Waals surface area contributed by atoms with Crippen LogP contribution in [0.1, 0.15) is 86.6 Å². The van der Waals surface area contributed by atoms with Crippen LogP contribution in [0.2, 0.25) is 0 Å². The zero-order chi connectivity index (χ0) is 35.8. The molecule has 1 aromatic carbocycles. The van der Waals surface area contributed by atoms with Gasteiger partial charge in [0, 0.05) is 25.7 Å². The number of primary amides is 1. The largest absolute Gasteiger partial charge is 0.369 e. The number of hydrogen-bond donors (Lipinski definition) is 4. The molecule has 1 aromatic rings. The molecule has 0 aromatic heterocycles. The molecule has 5 atom stereocenters. The van der Waals surface area contributed by atoms with Crippen LogP contribution in [-0.2, 0) is 19.2 Å². The summed E-state index contributed by atoms with van der Waals surface area (Å²) < 4.78 is 0. The van der Waals surface area contributed by atoms with Gasteiger partial charge in [-0.3, -0.25) is 28.8 Å². The van der Waals surface area contributed by atoms with Crippen molar-refractivity contribution in [2.24, 2.45) is 34.3 Å². The van der Waals surface area contributed by atoms with Crippen molar-refractivity contribution < 1.29 is 24.0 Å². The van der Waals surface area contributed by atoms with Crippen LogP contribution in [0, 0.1) is 35.5 Å². The summed E-state index contributed by atoms with van der Waals surface area (Å²) in [5.41, 5.74) is 3.72. The molecule has 1 unspecified atom stereocenters. The highest BCUT2D eigenvalue weighted by atomic mass is 16.2. The molecule has 47 heavy (non-hydrogen) atoms. The van der Waals surface area contributed by atoms with Gasteiger partial charge in [-0.1, -0.05) is 68.2 Å². The number of anilines is 1. The standard InChI is InChI=1S/C34H54N6O7/c1-17(2)20-13-14-40(24(20)30(45)36-21(15-19-11-12-19)26(42)29(35)44)31(46)28(34(7,8)9)38-32(47)37-22(33(4,5)6)16-39(10)23-18(3)25(41)27(23)43/h17,19-22,24,28H,11-16H2,1-10H3,(H2,35,44)(H,36,45)(H2,37,38,47)/t20-,21?,22-,24+,28-/m1/s1. The third-order valence-corrected chi connectivity index (χ3v) is 9.69. The normalized spacial score (nSPS) is 20.4. The second kappa shape index (κ2) is 14.1. The summed E-state index contributed by atoms with van der Waals surface area (Å²) in [4.78, 5) is 93.2. The van der Waals surface area contributed by atoms with Gasteiger partial charge in [-0.25, -0.2) is 4.79 Å². The molecule has 13 nitrogen and oxygen atoms in total. The van der Waals surface area contributed by atoms with Crippen molar-refractivity contribution >= 4 is 35.2 Å². The van der Waals surface area contributed by atoms with Gasteiger partial charge < -0.3 is 31.5 Å². The van der Waals surface area contributed by atoms with Gasteiger partial charge in [-0.15, -0.1) is 0 Å². The van der Waals surface area contributed by atoms with E-state index in [0.29, 0.717) is 24.1 Å². The topological polar surface area (TPSA) is 188 Å². The highest BCUT2D eigenvalue weighted by Crippen LogP contribution is 2.35. The first-order valence-electron chi connectivity index (χ1n) is 16.6. The van der Waals surface area contributed by atoms with Crippen LogP contribution in [0.3, 0.4) is 0 Å². The number of ketones is 1. The average Bonchev–Trinajstić information content (AvgIpc) is 3.66. The molecule has 1 heterocycles.